The van der Waals surface area contributed by atoms with Crippen LogP contribution in [0.15, 0.2) is 48.5 Å². The van der Waals surface area contributed by atoms with Crippen LogP contribution < -0.4 is 5.32 Å². The van der Waals surface area contributed by atoms with Crippen molar-refractivity contribution in [2.75, 3.05) is 0 Å². The Labute approximate surface area is 119 Å². The molecule has 2 aromatic carbocycles. The Morgan fingerprint density at radius 2 is 1.68 bits per heavy atom. The summed E-state index contributed by atoms with van der Waals surface area (Å²) < 4.78 is 0. The van der Waals surface area contributed by atoms with Gasteiger partial charge in [0.25, 0.3) is 0 Å². The molecule has 0 saturated carbocycles. The maximum atomic E-state index is 9.00. The largest absolute Gasteiger partial charge is 0.392 e. The Bertz CT molecular complexity index is 525. The van der Waals surface area contributed by atoms with Crippen molar-refractivity contribution in [3.8, 4) is 0 Å². The van der Waals surface area contributed by atoms with Gasteiger partial charge in [0.1, 0.15) is 0 Å². The first-order valence-corrected chi connectivity index (χ1v) is 6.75. The van der Waals surface area contributed by atoms with Gasteiger partial charge in [0.05, 0.1) is 6.61 Å². The van der Waals surface area contributed by atoms with Gasteiger partial charge in [0, 0.05) is 17.6 Å². The molecule has 3 heteroatoms. The van der Waals surface area contributed by atoms with E-state index in [9.17, 15) is 0 Å². The lowest BCUT2D eigenvalue weighted by Crippen LogP contribution is -2.18. The molecule has 0 spiro atoms. The first-order valence-electron chi connectivity index (χ1n) is 6.37. The van der Waals surface area contributed by atoms with Crippen molar-refractivity contribution < 1.29 is 5.11 Å². The van der Waals surface area contributed by atoms with Crippen LogP contribution in [0.3, 0.4) is 0 Å². The molecule has 0 unspecified atom stereocenters. The van der Waals surface area contributed by atoms with Crippen LogP contribution in [0.25, 0.3) is 0 Å². The van der Waals surface area contributed by atoms with Gasteiger partial charge in [-0.1, -0.05) is 54.1 Å². The van der Waals surface area contributed by atoms with Gasteiger partial charge in [-0.25, -0.2) is 0 Å². The van der Waals surface area contributed by atoms with E-state index in [-0.39, 0.29) is 12.6 Å². The molecule has 0 bridgehead atoms. The fraction of sp³-hybridized carbons (Fsp3) is 0.250. The van der Waals surface area contributed by atoms with E-state index in [1.165, 1.54) is 5.56 Å². The highest BCUT2D eigenvalue weighted by atomic mass is 35.5. The summed E-state index contributed by atoms with van der Waals surface area (Å²) in [7, 11) is 0. The van der Waals surface area contributed by atoms with Crippen LogP contribution in [0.1, 0.15) is 29.7 Å². The average molecular weight is 276 g/mol. The summed E-state index contributed by atoms with van der Waals surface area (Å²) in [6, 6.07) is 16.0. The predicted octanol–water partition coefficient (Wildman–Crippen LogP) is 3.68. The molecule has 2 nitrogen and oxygen atoms in total. The van der Waals surface area contributed by atoms with Gasteiger partial charge in [0.15, 0.2) is 0 Å². The van der Waals surface area contributed by atoms with Gasteiger partial charge in [-0.2, -0.15) is 0 Å². The van der Waals surface area contributed by atoms with Crippen LogP contribution in [-0.2, 0) is 13.2 Å². The summed E-state index contributed by atoms with van der Waals surface area (Å²) in [6.45, 7) is 2.96. The van der Waals surface area contributed by atoms with Gasteiger partial charge in [0.2, 0.25) is 0 Å². The number of hydrogen-bond donors (Lipinski definition) is 2. The minimum atomic E-state index is 0.0870. The Kier molecular flexibility index (Phi) is 4.97. The Hall–Kier alpha value is -1.35. The lowest BCUT2D eigenvalue weighted by molar-refractivity contribution is 0.282. The lowest BCUT2D eigenvalue weighted by atomic mass is 10.1. The molecule has 2 aromatic rings. The molecule has 19 heavy (non-hydrogen) atoms. The molecule has 2 N–H and O–H groups in total. The zero-order valence-electron chi connectivity index (χ0n) is 10.9. The maximum Gasteiger partial charge on any atom is 0.0681 e. The molecule has 0 heterocycles. The third-order valence-corrected chi connectivity index (χ3v) is 3.53. The van der Waals surface area contributed by atoms with E-state index in [1.54, 1.807) is 0 Å². The maximum absolute atomic E-state index is 9.00. The number of aliphatic hydroxyl groups is 1. The highest BCUT2D eigenvalue weighted by Crippen LogP contribution is 2.22. The topological polar surface area (TPSA) is 32.3 Å². The zero-order valence-corrected chi connectivity index (χ0v) is 11.7. The van der Waals surface area contributed by atoms with Crippen molar-refractivity contribution in [1.29, 1.82) is 0 Å². The summed E-state index contributed by atoms with van der Waals surface area (Å²) in [5, 5.41) is 13.2. The quantitative estimate of drug-likeness (QED) is 0.872. The van der Waals surface area contributed by atoms with Gasteiger partial charge < -0.3 is 10.4 Å². The minimum absolute atomic E-state index is 0.0870. The van der Waals surface area contributed by atoms with E-state index in [0.717, 1.165) is 22.7 Å². The van der Waals surface area contributed by atoms with Gasteiger partial charge in [-0.05, 0) is 29.7 Å². The first-order chi connectivity index (χ1) is 9.20. The molecule has 0 aromatic heterocycles. The Morgan fingerprint density at radius 1 is 1.05 bits per heavy atom. The number of aliphatic hydroxyl groups excluding tert-OH is 1. The van der Waals surface area contributed by atoms with E-state index in [2.05, 4.69) is 12.2 Å². The van der Waals surface area contributed by atoms with Crippen LogP contribution in [0.4, 0.5) is 0 Å². The molecule has 1 atom stereocenters. The standard InChI is InChI=1S/C16H18ClNO/c1-12(15-4-2-3-5-16(15)17)18-10-13-6-8-14(11-19)9-7-13/h2-9,12,18-19H,10-11H2,1H3/t12-/m1/s1. The van der Waals surface area contributed by atoms with Crippen LogP contribution >= 0.6 is 11.6 Å². The summed E-state index contributed by atoms with van der Waals surface area (Å²) in [5.41, 5.74) is 3.23. The van der Waals surface area contributed by atoms with Crippen molar-refractivity contribution in [2.45, 2.75) is 26.1 Å². The fourth-order valence-electron chi connectivity index (χ4n) is 1.97. The van der Waals surface area contributed by atoms with E-state index in [1.807, 2.05) is 48.5 Å². The molecule has 0 fully saturated rings. The van der Waals surface area contributed by atoms with Gasteiger partial charge in [-0.3, -0.25) is 0 Å². The zero-order chi connectivity index (χ0) is 13.7. The van der Waals surface area contributed by atoms with Gasteiger partial charge in [-0.15, -0.1) is 0 Å². The van der Waals surface area contributed by atoms with E-state index in [0.29, 0.717) is 0 Å². The molecule has 0 radical (unpaired) electrons. The third kappa shape index (κ3) is 3.80. The van der Waals surface area contributed by atoms with E-state index in [4.69, 9.17) is 16.7 Å². The van der Waals surface area contributed by atoms with Crippen molar-refractivity contribution in [3.63, 3.8) is 0 Å². The van der Waals surface area contributed by atoms with Gasteiger partial charge >= 0.3 is 0 Å². The molecule has 2 rings (SSSR count). The Morgan fingerprint density at radius 3 is 2.32 bits per heavy atom. The van der Waals surface area contributed by atoms with Crippen molar-refractivity contribution >= 4 is 11.6 Å². The second-order valence-corrected chi connectivity index (χ2v) is 5.01. The van der Waals surface area contributed by atoms with Crippen LogP contribution in [0, 0.1) is 0 Å². The average Bonchev–Trinajstić information content (AvgIpc) is 2.46. The highest BCUT2D eigenvalue weighted by molar-refractivity contribution is 6.31. The number of halogens is 1. The first kappa shape index (κ1) is 14.1. The third-order valence-electron chi connectivity index (χ3n) is 3.19. The molecular weight excluding hydrogens is 258 g/mol. The number of nitrogens with one attached hydrogen (secondary N) is 1. The fourth-order valence-corrected chi connectivity index (χ4v) is 2.27. The molecule has 0 aliphatic rings. The number of benzene rings is 2. The molecule has 0 aliphatic heterocycles. The predicted molar refractivity (Wildman–Crippen MR) is 79.1 cm³/mol. The van der Waals surface area contributed by atoms with Crippen LogP contribution in [0.5, 0.6) is 0 Å². The molecule has 100 valence electrons. The SMILES string of the molecule is C[C@@H](NCc1ccc(CO)cc1)c1ccccc1Cl. The van der Waals surface area contributed by atoms with Crippen molar-refractivity contribution in [3.05, 3.63) is 70.2 Å². The summed E-state index contributed by atoms with van der Waals surface area (Å²) in [4.78, 5) is 0. The molecular formula is C16H18ClNO. The van der Waals surface area contributed by atoms with E-state index < -0.39 is 0 Å². The second-order valence-electron chi connectivity index (χ2n) is 4.60. The summed E-state index contributed by atoms with van der Waals surface area (Å²) in [6.07, 6.45) is 0. The van der Waals surface area contributed by atoms with Crippen LogP contribution in [-0.4, -0.2) is 5.11 Å². The van der Waals surface area contributed by atoms with E-state index >= 15 is 0 Å². The lowest BCUT2D eigenvalue weighted by Gasteiger charge is -2.15. The Balaban J connectivity index is 1.96. The second kappa shape index (κ2) is 6.71. The van der Waals surface area contributed by atoms with Crippen molar-refractivity contribution in [1.82, 2.24) is 5.32 Å². The molecule has 0 saturated heterocycles. The molecule has 0 aliphatic carbocycles. The normalized spacial score (nSPS) is 12.4. The number of rotatable bonds is 5. The smallest absolute Gasteiger partial charge is 0.0681 e. The highest BCUT2D eigenvalue weighted by Gasteiger charge is 2.08. The minimum Gasteiger partial charge on any atom is -0.392 e. The monoisotopic (exact) mass is 275 g/mol. The summed E-state index contributed by atoms with van der Waals surface area (Å²) in [5.74, 6) is 0. The number of hydrogen-bond acceptors (Lipinski definition) is 2. The molecule has 0 amide bonds. The summed E-state index contributed by atoms with van der Waals surface area (Å²) >= 11 is 6.17. The van der Waals surface area contributed by atoms with Crippen molar-refractivity contribution in [2.24, 2.45) is 0 Å². The van der Waals surface area contributed by atoms with Crippen LogP contribution in [0.2, 0.25) is 5.02 Å².